The average Bonchev–Trinajstić information content (AvgIpc) is 2.74. The highest BCUT2D eigenvalue weighted by Crippen LogP contribution is 2.37. The molecule has 1 rings (SSSR count). The molecule has 17 heavy (non-hydrogen) atoms. The number of carbonyl (C=O) groups is 2. The van der Waals surface area contributed by atoms with Crippen LogP contribution in [-0.2, 0) is 9.59 Å². The molecular formula is C12H23N3O2. The van der Waals surface area contributed by atoms with Gasteiger partial charge in [0.25, 0.3) is 0 Å². The molecule has 1 aliphatic carbocycles. The van der Waals surface area contributed by atoms with E-state index in [0.717, 1.165) is 25.7 Å². The monoisotopic (exact) mass is 241 g/mol. The summed E-state index contributed by atoms with van der Waals surface area (Å²) < 4.78 is 0. The van der Waals surface area contributed by atoms with Gasteiger partial charge in [-0.1, -0.05) is 12.8 Å². The molecule has 0 bridgehead atoms. The zero-order chi connectivity index (χ0) is 12.9. The van der Waals surface area contributed by atoms with Gasteiger partial charge >= 0.3 is 0 Å². The van der Waals surface area contributed by atoms with Crippen molar-refractivity contribution in [3.63, 3.8) is 0 Å². The fraction of sp³-hybridized carbons (Fsp3) is 0.833. The Kier molecular flexibility index (Phi) is 4.93. The number of rotatable bonds is 5. The normalized spacial score (nSPS) is 18.1. The van der Waals surface area contributed by atoms with Gasteiger partial charge in [0.2, 0.25) is 11.8 Å². The van der Waals surface area contributed by atoms with Crippen molar-refractivity contribution in [2.45, 2.75) is 45.6 Å². The minimum absolute atomic E-state index is 0.0404. The summed E-state index contributed by atoms with van der Waals surface area (Å²) in [7, 11) is 0. The Balaban J connectivity index is 2.41. The van der Waals surface area contributed by atoms with Crippen LogP contribution in [0.25, 0.3) is 0 Å². The first kappa shape index (κ1) is 14.0. The molecule has 0 saturated heterocycles. The summed E-state index contributed by atoms with van der Waals surface area (Å²) in [6, 6.07) is 0.0920. The van der Waals surface area contributed by atoms with Crippen LogP contribution in [0.5, 0.6) is 0 Å². The van der Waals surface area contributed by atoms with Crippen molar-refractivity contribution in [1.29, 1.82) is 0 Å². The summed E-state index contributed by atoms with van der Waals surface area (Å²) in [6.07, 6.45) is 3.76. The molecule has 1 aliphatic rings. The molecule has 5 heteroatoms. The van der Waals surface area contributed by atoms with Crippen LogP contribution >= 0.6 is 0 Å². The SMILES string of the molecule is CC(C)NC(=O)CNC(=O)C1(CN)CCCC1. The topological polar surface area (TPSA) is 84.2 Å². The fourth-order valence-electron chi connectivity index (χ4n) is 2.30. The second-order valence-corrected chi connectivity index (χ2v) is 5.10. The van der Waals surface area contributed by atoms with E-state index in [4.69, 9.17) is 5.73 Å². The van der Waals surface area contributed by atoms with Crippen molar-refractivity contribution in [3.8, 4) is 0 Å². The highest BCUT2D eigenvalue weighted by molar-refractivity contribution is 5.88. The fourth-order valence-corrected chi connectivity index (χ4v) is 2.30. The standard InChI is InChI=1S/C12H23N3O2/c1-9(2)15-10(16)7-14-11(17)12(8-13)5-3-4-6-12/h9H,3-8,13H2,1-2H3,(H,14,17)(H,15,16). The molecule has 0 aromatic rings. The molecular weight excluding hydrogens is 218 g/mol. The summed E-state index contributed by atoms with van der Waals surface area (Å²) in [5.41, 5.74) is 5.26. The van der Waals surface area contributed by atoms with Gasteiger partial charge in [0.15, 0.2) is 0 Å². The average molecular weight is 241 g/mol. The number of amides is 2. The first-order valence-electron chi connectivity index (χ1n) is 6.28. The largest absolute Gasteiger partial charge is 0.352 e. The van der Waals surface area contributed by atoms with Crippen molar-refractivity contribution in [1.82, 2.24) is 10.6 Å². The zero-order valence-corrected chi connectivity index (χ0v) is 10.7. The third-order valence-corrected chi connectivity index (χ3v) is 3.29. The van der Waals surface area contributed by atoms with Crippen LogP contribution in [0.2, 0.25) is 0 Å². The van der Waals surface area contributed by atoms with Crippen molar-refractivity contribution < 1.29 is 9.59 Å². The van der Waals surface area contributed by atoms with E-state index >= 15 is 0 Å². The lowest BCUT2D eigenvalue weighted by molar-refractivity contribution is -0.132. The molecule has 1 fully saturated rings. The lowest BCUT2D eigenvalue weighted by atomic mass is 9.85. The second-order valence-electron chi connectivity index (χ2n) is 5.10. The lowest BCUT2D eigenvalue weighted by Crippen LogP contribution is -2.48. The van der Waals surface area contributed by atoms with Gasteiger partial charge in [-0.25, -0.2) is 0 Å². The quantitative estimate of drug-likeness (QED) is 0.640. The van der Waals surface area contributed by atoms with E-state index in [9.17, 15) is 9.59 Å². The molecule has 1 saturated carbocycles. The van der Waals surface area contributed by atoms with E-state index in [0.29, 0.717) is 6.54 Å². The van der Waals surface area contributed by atoms with Crippen LogP contribution < -0.4 is 16.4 Å². The van der Waals surface area contributed by atoms with Crippen LogP contribution in [-0.4, -0.2) is 30.9 Å². The van der Waals surface area contributed by atoms with Crippen molar-refractivity contribution in [2.75, 3.05) is 13.1 Å². The maximum atomic E-state index is 12.0. The zero-order valence-electron chi connectivity index (χ0n) is 10.7. The Bertz CT molecular complexity index is 283. The molecule has 5 nitrogen and oxygen atoms in total. The number of nitrogens with two attached hydrogens (primary N) is 1. The maximum absolute atomic E-state index is 12.0. The molecule has 0 aromatic heterocycles. The van der Waals surface area contributed by atoms with E-state index in [1.54, 1.807) is 0 Å². The second kappa shape index (κ2) is 6.00. The van der Waals surface area contributed by atoms with E-state index in [1.807, 2.05) is 13.8 Å². The predicted molar refractivity (Wildman–Crippen MR) is 66.2 cm³/mol. The molecule has 0 unspecified atom stereocenters. The third-order valence-electron chi connectivity index (χ3n) is 3.29. The predicted octanol–water partition coefficient (Wildman–Crippen LogP) is 0.146. The van der Waals surface area contributed by atoms with Crippen LogP contribution in [0.1, 0.15) is 39.5 Å². The van der Waals surface area contributed by atoms with Gasteiger partial charge in [-0.15, -0.1) is 0 Å². The molecule has 98 valence electrons. The Labute approximate surface area is 103 Å². The van der Waals surface area contributed by atoms with Crippen LogP contribution in [0.4, 0.5) is 0 Å². The number of hydrogen-bond acceptors (Lipinski definition) is 3. The van der Waals surface area contributed by atoms with E-state index in [-0.39, 0.29) is 24.4 Å². The molecule has 0 aromatic carbocycles. The summed E-state index contributed by atoms with van der Waals surface area (Å²) in [6.45, 7) is 4.18. The molecule has 0 spiro atoms. The smallest absolute Gasteiger partial charge is 0.239 e. The summed E-state index contributed by atoms with van der Waals surface area (Å²) >= 11 is 0. The van der Waals surface area contributed by atoms with Crippen molar-refractivity contribution >= 4 is 11.8 Å². The van der Waals surface area contributed by atoms with E-state index in [1.165, 1.54) is 0 Å². The first-order chi connectivity index (χ1) is 8.00. The summed E-state index contributed by atoms with van der Waals surface area (Å²) in [4.78, 5) is 23.4. The van der Waals surface area contributed by atoms with Gasteiger partial charge in [-0.05, 0) is 26.7 Å². The van der Waals surface area contributed by atoms with Crippen molar-refractivity contribution in [3.05, 3.63) is 0 Å². The third kappa shape index (κ3) is 3.70. The highest BCUT2D eigenvalue weighted by Gasteiger charge is 2.39. The minimum atomic E-state index is -0.432. The highest BCUT2D eigenvalue weighted by atomic mass is 16.2. The lowest BCUT2D eigenvalue weighted by Gasteiger charge is -2.25. The molecule has 0 radical (unpaired) electrons. The Morgan fingerprint density at radius 2 is 1.88 bits per heavy atom. The van der Waals surface area contributed by atoms with Crippen LogP contribution in [0.15, 0.2) is 0 Å². The van der Waals surface area contributed by atoms with Crippen LogP contribution in [0.3, 0.4) is 0 Å². The van der Waals surface area contributed by atoms with Crippen molar-refractivity contribution in [2.24, 2.45) is 11.1 Å². The summed E-state index contributed by atoms with van der Waals surface area (Å²) in [5.74, 6) is -0.227. The van der Waals surface area contributed by atoms with E-state index < -0.39 is 5.41 Å². The maximum Gasteiger partial charge on any atom is 0.239 e. The number of carbonyl (C=O) groups excluding carboxylic acids is 2. The van der Waals surface area contributed by atoms with Crippen LogP contribution in [0, 0.1) is 5.41 Å². The molecule has 0 heterocycles. The minimum Gasteiger partial charge on any atom is -0.352 e. The van der Waals surface area contributed by atoms with Gasteiger partial charge < -0.3 is 16.4 Å². The van der Waals surface area contributed by atoms with Gasteiger partial charge in [0.05, 0.1) is 12.0 Å². The van der Waals surface area contributed by atoms with E-state index in [2.05, 4.69) is 10.6 Å². The Hall–Kier alpha value is -1.10. The molecule has 2 amide bonds. The summed E-state index contributed by atoms with van der Waals surface area (Å²) in [5, 5.41) is 5.42. The van der Waals surface area contributed by atoms with Gasteiger partial charge in [0, 0.05) is 12.6 Å². The Morgan fingerprint density at radius 3 is 2.35 bits per heavy atom. The van der Waals surface area contributed by atoms with Gasteiger partial charge in [-0.2, -0.15) is 0 Å². The number of hydrogen-bond donors (Lipinski definition) is 3. The number of nitrogens with one attached hydrogen (secondary N) is 2. The van der Waals surface area contributed by atoms with Gasteiger partial charge in [-0.3, -0.25) is 9.59 Å². The Morgan fingerprint density at radius 1 is 1.29 bits per heavy atom. The molecule has 4 N–H and O–H groups in total. The van der Waals surface area contributed by atoms with Gasteiger partial charge in [0.1, 0.15) is 0 Å². The molecule has 0 aliphatic heterocycles. The molecule has 0 atom stereocenters. The first-order valence-corrected chi connectivity index (χ1v) is 6.28.